The van der Waals surface area contributed by atoms with E-state index in [1.807, 2.05) is 6.07 Å². The average molecular weight is 294 g/mol. The predicted octanol–water partition coefficient (Wildman–Crippen LogP) is 3.81. The van der Waals surface area contributed by atoms with Crippen LogP contribution in [0.2, 0.25) is 0 Å². The third kappa shape index (κ3) is 5.17. The Kier molecular flexibility index (Phi) is 5.48. The minimum atomic E-state index is 0.185. The van der Waals surface area contributed by atoms with Crippen molar-refractivity contribution < 1.29 is 0 Å². The van der Waals surface area contributed by atoms with Crippen LogP contribution in [0.15, 0.2) is 42.5 Å². The molecule has 0 aliphatic rings. The number of rotatable bonds is 7. The Morgan fingerprint density at radius 1 is 1.09 bits per heavy atom. The van der Waals surface area contributed by atoms with Crippen molar-refractivity contribution >= 4 is 5.82 Å². The molecule has 2 aromatic rings. The molecule has 114 valence electrons. The standard InChI is InChI=1S/C18H22N4/c1-18(2,12-6-9-15-7-4-3-5-8-15)14-20-17-11-10-16(13-19)21-22-17/h3-5,7-8,10-11H,6,9,12,14H2,1-2H3,(H,20,22). The molecular weight excluding hydrogens is 272 g/mol. The summed E-state index contributed by atoms with van der Waals surface area (Å²) in [4.78, 5) is 0. The monoisotopic (exact) mass is 294 g/mol. The fraction of sp³-hybridized carbons (Fsp3) is 0.389. The highest BCUT2D eigenvalue weighted by Crippen LogP contribution is 2.24. The fourth-order valence-corrected chi connectivity index (χ4v) is 2.32. The molecule has 4 heteroatoms. The van der Waals surface area contributed by atoms with Gasteiger partial charge in [-0.25, -0.2) is 0 Å². The summed E-state index contributed by atoms with van der Waals surface area (Å²) in [6.07, 6.45) is 3.41. The number of hydrogen-bond acceptors (Lipinski definition) is 4. The third-order valence-electron chi connectivity index (χ3n) is 3.69. The lowest BCUT2D eigenvalue weighted by atomic mass is 9.86. The Hall–Kier alpha value is -2.41. The molecule has 0 amide bonds. The molecule has 1 aromatic heterocycles. The molecule has 22 heavy (non-hydrogen) atoms. The number of nitrogens with zero attached hydrogens (tertiary/aromatic N) is 3. The Balaban J connectivity index is 1.76. The molecule has 0 bridgehead atoms. The summed E-state index contributed by atoms with van der Waals surface area (Å²) in [5, 5.41) is 19.8. The lowest BCUT2D eigenvalue weighted by molar-refractivity contribution is 0.347. The van der Waals surface area contributed by atoms with E-state index >= 15 is 0 Å². The second-order valence-electron chi connectivity index (χ2n) is 6.27. The van der Waals surface area contributed by atoms with Crippen LogP contribution in [-0.4, -0.2) is 16.7 Å². The predicted molar refractivity (Wildman–Crippen MR) is 88.4 cm³/mol. The van der Waals surface area contributed by atoms with Crippen molar-refractivity contribution in [1.82, 2.24) is 10.2 Å². The molecule has 1 N–H and O–H groups in total. The summed E-state index contributed by atoms with van der Waals surface area (Å²) in [6.45, 7) is 5.34. The first kappa shape index (κ1) is 16.0. The van der Waals surface area contributed by atoms with E-state index in [1.54, 1.807) is 12.1 Å². The van der Waals surface area contributed by atoms with Gasteiger partial charge >= 0.3 is 0 Å². The topological polar surface area (TPSA) is 61.6 Å². The van der Waals surface area contributed by atoms with E-state index < -0.39 is 0 Å². The van der Waals surface area contributed by atoms with Gasteiger partial charge in [0.2, 0.25) is 0 Å². The number of benzene rings is 1. The Labute approximate surface area is 132 Å². The quantitative estimate of drug-likeness (QED) is 0.843. The number of anilines is 1. The smallest absolute Gasteiger partial charge is 0.163 e. The van der Waals surface area contributed by atoms with Crippen LogP contribution in [0.5, 0.6) is 0 Å². The summed E-state index contributed by atoms with van der Waals surface area (Å²) in [6, 6.07) is 16.0. The second kappa shape index (κ2) is 7.56. The van der Waals surface area contributed by atoms with Gasteiger partial charge in [-0.3, -0.25) is 0 Å². The summed E-state index contributed by atoms with van der Waals surface area (Å²) < 4.78 is 0. The molecule has 1 heterocycles. The fourth-order valence-electron chi connectivity index (χ4n) is 2.32. The van der Waals surface area contributed by atoms with E-state index in [0.717, 1.165) is 31.6 Å². The summed E-state index contributed by atoms with van der Waals surface area (Å²) >= 11 is 0. The van der Waals surface area contributed by atoms with Gasteiger partial charge in [0.05, 0.1) is 0 Å². The zero-order valence-electron chi connectivity index (χ0n) is 13.2. The van der Waals surface area contributed by atoms with E-state index in [9.17, 15) is 0 Å². The summed E-state index contributed by atoms with van der Waals surface area (Å²) in [5.41, 5.74) is 1.92. The maximum atomic E-state index is 8.71. The largest absolute Gasteiger partial charge is 0.368 e. The molecule has 4 nitrogen and oxygen atoms in total. The van der Waals surface area contributed by atoms with Crippen molar-refractivity contribution in [2.75, 3.05) is 11.9 Å². The molecule has 0 fully saturated rings. The molecule has 0 atom stereocenters. The normalized spacial score (nSPS) is 11.0. The highest BCUT2D eigenvalue weighted by atomic mass is 15.2. The van der Waals surface area contributed by atoms with Crippen molar-refractivity contribution in [3.05, 3.63) is 53.7 Å². The van der Waals surface area contributed by atoms with Crippen LogP contribution in [0.4, 0.5) is 5.82 Å². The number of aromatic nitrogens is 2. The van der Waals surface area contributed by atoms with Crippen molar-refractivity contribution in [1.29, 1.82) is 5.26 Å². The van der Waals surface area contributed by atoms with Gasteiger partial charge in [-0.15, -0.1) is 10.2 Å². The van der Waals surface area contributed by atoms with Gasteiger partial charge in [-0.05, 0) is 42.4 Å². The average Bonchev–Trinajstić information content (AvgIpc) is 2.54. The lowest BCUT2D eigenvalue weighted by Crippen LogP contribution is -2.23. The molecule has 0 aliphatic heterocycles. The Morgan fingerprint density at radius 3 is 2.50 bits per heavy atom. The minimum Gasteiger partial charge on any atom is -0.368 e. The van der Waals surface area contributed by atoms with Gasteiger partial charge in [0.25, 0.3) is 0 Å². The van der Waals surface area contributed by atoms with Crippen LogP contribution in [0.1, 0.15) is 37.9 Å². The van der Waals surface area contributed by atoms with Crippen LogP contribution in [0.3, 0.4) is 0 Å². The Bertz CT molecular complexity index is 612. The molecule has 0 radical (unpaired) electrons. The molecule has 2 rings (SSSR count). The molecular formula is C18H22N4. The van der Waals surface area contributed by atoms with Gasteiger partial charge in [-0.2, -0.15) is 5.26 Å². The zero-order valence-corrected chi connectivity index (χ0v) is 13.2. The minimum absolute atomic E-state index is 0.185. The van der Waals surface area contributed by atoms with E-state index in [1.165, 1.54) is 5.56 Å². The summed E-state index contributed by atoms with van der Waals surface area (Å²) in [5.74, 6) is 0.718. The van der Waals surface area contributed by atoms with E-state index in [-0.39, 0.29) is 5.41 Å². The molecule has 0 unspecified atom stereocenters. The SMILES string of the molecule is CC(C)(CCCc1ccccc1)CNc1ccc(C#N)nn1. The first-order valence-electron chi connectivity index (χ1n) is 7.61. The van der Waals surface area contributed by atoms with Crippen LogP contribution in [0.25, 0.3) is 0 Å². The van der Waals surface area contributed by atoms with Crippen LogP contribution < -0.4 is 5.32 Å². The molecule has 0 aliphatic carbocycles. The second-order valence-corrected chi connectivity index (χ2v) is 6.27. The maximum absolute atomic E-state index is 8.71. The van der Waals surface area contributed by atoms with E-state index in [4.69, 9.17) is 5.26 Å². The van der Waals surface area contributed by atoms with Gasteiger partial charge in [0.15, 0.2) is 5.69 Å². The first-order chi connectivity index (χ1) is 10.6. The van der Waals surface area contributed by atoms with Gasteiger partial charge in [0.1, 0.15) is 11.9 Å². The maximum Gasteiger partial charge on any atom is 0.163 e. The van der Waals surface area contributed by atoms with Crippen molar-refractivity contribution in [2.24, 2.45) is 5.41 Å². The molecule has 1 aromatic carbocycles. The van der Waals surface area contributed by atoms with Crippen molar-refractivity contribution in [3.8, 4) is 6.07 Å². The number of nitrogens with one attached hydrogen (secondary N) is 1. The Morgan fingerprint density at radius 2 is 1.86 bits per heavy atom. The number of aryl methyl sites for hydroxylation is 1. The van der Waals surface area contributed by atoms with Crippen LogP contribution >= 0.6 is 0 Å². The zero-order chi connectivity index (χ0) is 15.8. The molecule has 0 saturated carbocycles. The number of nitriles is 1. The summed E-state index contributed by atoms with van der Waals surface area (Å²) in [7, 11) is 0. The third-order valence-corrected chi connectivity index (χ3v) is 3.69. The van der Waals surface area contributed by atoms with Gasteiger partial charge < -0.3 is 5.32 Å². The molecule has 0 saturated heterocycles. The highest BCUT2D eigenvalue weighted by Gasteiger charge is 2.17. The number of hydrogen-bond donors (Lipinski definition) is 1. The van der Waals surface area contributed by atoms with Crippen molar-refractivity contribution in [2.45, 2.75) is 33.1 Å². The van der Waals surface area contributed by atoms with Crippen LogP contribution in [-0.2, 0) is 6.42 Å². The lowest BCUT2D eigenvalue weighted by Gasteiger charge is -2.25. The van der Waals surface area contributed by atoms with Crippen LogP contribution in [0, 0.1) is 16.7 Å². The highest BCUT2D eigenvalue weighted by molar-refractivity contribution is 5.35. The first-order valence-corrected chi connectivity index (χ1v) is 7.61. The van der Waals surface area contributed by atoms with E-state index in [0.29, 0.717) is 5.69 Å². The van der Waals surface area contributed by atoms with Gasteiger partial charge in [-0.1, -0.05) is 44.2 Å². The van der Waals surface area contributed by atoms with Gasteiger partial charge in [0, 0.05) is 6.54 Å². The van der Waals surface area contributed by atoms with Crippen molar-refractivity contribution in [3.63, 3.8) is 0 Å². The molecule has 0 spiro atoms. The van der Waals surface area contributed by atoms with E-state index in [2.05, 4.69) is 59.7 Å².